The second-order valence-corrected chi connectivity index (χ2v) is 1.49. The van der Waals surface area contributed by atoms with Crippen LogP contribution in [0.15, 0.2) is 17.3 Å². The molecule has 1 heterocycles. The van der Waals surface area contributed by atoms with Crippen molar-refractivity contribution in [2.24, 2.45) is 4.99 Å². The van der Waals surface area contributed by atoms with Crippen molar-refractivity contribution in [2.75, 3.05) is 0 Å². The maximum absolute atomic E-state index is 8.82. The largest absolute Gasteiger partial charge is 0.354 e. The van der Waals surface area contributed by atoms with E-state index in [1.165, 1.54) is 12.4 Å². The second-order valence-electron chi connectivity index (χ2n) is 1.49. The van der Waals surface area contributed by atoms with E-state index in [2.05, 4.69) is 4.99 Å². The van der Waals surface area contributed by atoms with Crippen LogP contribution >= 0.6 is 0 Å². The lowest BCUT2D eigenvalue weighted by molar-refractivity contribution is 0.0817. The third kappa shape index (κ3) is 1.06. The molecule has 0 bridgehead atoms. The lowest BCUT2D eigenvalue weighted by Crippen LogP contribution is -2.25. The standard InChI is InChI=1S/C5H5N3O/c6-4-8-3-1-2-7-5(8)9/h1-3,5,9H. The molecule has 0 aromatic rings. The summed E-state index contributed by atoms with van der Waals surface area (Å²) in [6.07, 6.45) is 5.19. The lowest BCUT2D eigenvalue weighted by atomic mass is 10.5. The highest BCUT2D eigenvalue weighted by Crippen LogP contribution is 1.99. The van der Waals surface area contributed by atoms with Gasteiger partial charge < -0.3 is 5.11 Å². The minimum absolute atomic E-state index is 1.03. The Morgan fingerprint density at radius 2 is 2.56 bits per heavy atom. The van der Waals surface area contributed by atoms with E-state index in [-0.39, 0.29) is 0 Å². The van der Waals surface area contributed by atoms with Crippen LogP contribution in [0, 0.1) is 11.5 Å². The first-order valence-electron chi connectivity index (χ1n) is 2.40. The summed E-state index contributed by atoms with van der Waals surface area (Å²) >= 11 is 0. The monoisotopic (exact) mass is 123 g/mol. The molecule has 1 unspecified atom stereocenters. The second kappa shape index (κ2) is 2.29. The van der Waals surface area contributed by atoms with Gasteiger partial charge in [0.15, 0.2) is 6.19 Å². The number of hydrogen-bond donors (Lipinski definition) is 1. The smallest absolute Gasteiger partial charge is 0.237 e. The van der Waals surface area contributed by atoms with E-state index >= 15 is 0 Å². The zero-order valence-corrected chi connectivity index (χ0v) is 4.60. The van der Waals surface area contributed by atoms with Gasteiger partial charge in [0.05, 0.1) is 0 Å². The molecule has 1 N–H and O–H groups in total. The van der Waals surface area contributed by atoms with E-state index in [0.29, 0.717) is 0 Å². The highest BCUT2D eigenvalue weighted by atomic mass is 16.3. The Morgan fingerprint density at radius 1 is 1.78 bits per heavy atom. The van der Waals surface area contributed by atoms with Crippen molar-refractivity contribution < 1.29 is 5.11 Å². The highest BCUT2D eigenvalue weighted by molar-refractivity contribution is 5.71. The van der Waals surface area contributed by atoms with Crippen LogP contribution in [-0.2, 0) is 0 Å². The minimum atomic E-state index is -1.03. The lowest BCUT2D eigenvalue weighted by Gasteiger charge is -2.15. The first-order chi connectivity index (χ1) is 4.34. The van der Waals surface area contributed by atoms with Crippen molar-refractivity contribution in [1.82, 2.24) is 4.90 Å². The fourth-order valence-corrected chi connectivity index (χ4v) is 0.492. The molecule has 0 saturated carbocycles. The van der Waals surface area contributed by atoms with Gasteiger partial charge in [-0.15, -0.1) is 0 Å². The topological polar surface area (TPSA) is 59.6 Å². The molecule has 0 aromatic heterocycles. The molecule has 1 aliphatic rings. The summed E-state index contributed by atoms with van der Waals surface area (Å²) < 4.78 is 0. The molecule has 1 rings (SSSR count). The van der Waals surface area contributed by atoms with Gasteiger partial charge in [0.25, 0.3) is 0 Å². The predicted molar refractivity (Wildman–Crippen MR) is 31.1 cm³/mol. The molecule has 4 nitrogen and oxygen atoms in total. The van der Waals surface area contributed by atoms with Gasteiger partial charge in [0.1, 0.15) is 0 Å². The third-order valence-corrected chi connectivity index (χ3v) is 0.916. The number of allylic oxidation sites excluding steroid dienone is 1. The van der Waals surface area contributed by atoms with Crippen LogP contribution < -0.4 is 0 Å². The molecule has 4 heteroatoms. The van der Waals surface area contributed by atoms with Crippen molar-refractivity contribution in [3.8, 4) is 6.19 Å². The van der Waals surface area contributed by atoms with Crippen molar-refractivity contribution in [3.63, 3.8) is 0 Å². The maximum Gasteiger partial charge on any atom is 0.237 e. The molecule has 0 fully saturated rings. The van der Waals surface area contributed by atoms with Gasteiger partial charge in [-0.1, -0.05) is 0 Å². The van der Waals surface area contributed by atoms with Gasteiger partial charge in [-0.05, 0) is 6.08 Å². The summed E-state index contributed by atoms with van der Waals surface area (Å²) in [6.45, 7) is 0. The zero-order valence-electron chi connectivity index (χ0n) is 4.60. The Bertz CT molecular complexity index is 191. The van der Waals surface area contributed by atoms with Crippen LogP contribution in [-0.4, -0.2) is 22.6 Å². The molecule has 9 heavy (non-hydrogen) atoms. The Morgan fingerprint density at radius 3 is 3.00 bits per heavy atom. The number of aliphatic hydroxyl groups is 1. The number of aliphatic hydroxyl groups excluding tert-OH is 1. The van der Waals surface area contributed by atoms with Gasteiger partial charge in [-0.25, -0.2) is 9.89 Å². The van der Waals surface area contributed by atoms with Crippen LogP contribution in [0.3, 0.4) is 0 Å². The molecule has 1 atom stereocenters. The first-order valence-corrected chi connectivity index (χ1v) is 2.40. The highest BCUT2D eigenvalue weighted by Gasteiger charge is 2.08. The van der Waals surface area contributed by atoms with Gasteiger partial charge in [0.2, 0.25) is 6.35 Å². The number of nitrogens with zero attached hydrogens (tertiary/aromatic N) is 3. The molecule has 0 saturated heterocycles. The van der Waals surface area contributed by atoms with E-state index in [0.717, 1.165) is 4.90 Å². The van der Waals surface area contributed by atoms with Crippen molar-refractivity contribution in [1.29, 1.82) is 5.26 Å². The normalized spacial score (nSPS) is 24.0. The summed E-state index contributed by atoms with van der Waals surface area (Å²) in [5.74, 6) is 0. The Balaban J connectivity index is 2.68. The molecule has 0 aliphatic carbocycles. The van der Waals surface area contributed by atoms with Gasteiger partial charge >= 0.3 is 0 Å². The Labute approximate surface area is 52.3 Å². The summed E-state index contributed by atoms with van der Waals surface area (Å²) in [7, 11) is 0. The molecule has 0 radical (unpaired) electrons. The van der Waals surface area contributed by atoms with E-state index in [4.69, 9.17) is 10.4 Å². The van der Waals surface area contributed by atoms with Crippen LogP contribution in [0.1, 0.15) is 0 Å². The number of rotatable bonds is 0. The number of hydrogen-bond acceptors (Lipinski definition) is 4. The molecule has 0 aromatic carbocycles. The molecule has 0 spiro atoms. The average Bonchev–Trinajstić information content (AvgIpc) is 1.89. The Kier molecular flexibility index (Phi) is 1.47. The fraction of sp³-hybridized carbons (Fsp3) is 0.200. The maximum atomic E-state index is 8.82. The summed E-state index contributed by atoms with van der Waals surface area (Å²) in [5, 5.41) is 17.1. The number of aliphatic imine (C=N–C) groups is 1. The summed E-state index contributed by atoms with van der Waals surface area (Å²) in [6, 6.07) is 0. The molecule has 46 valence electrons. The summed E-state index contributed by atoms with van der Waals surface area (Å²) in [4.78, 5) is 4.57. The van der Waals surface area contributed by atoms with Crippen LogP contribution in [0.4, 0.5) is 0 Å². The zero-order chi connectivity index (χ0) is 6.69. The van der Waals surface area contributed by atoms with Crippen LogP contribution in [0.2, 0.25) is 0 Å². The van der Waals surface area contributed by atoms with E-state index in [9.17, 15) is 0 Å². The summed E-state index contributed by atoms with van der Waals surface area (Å²) in [5.41, 5.74) is 0. The molecular weight excluding hydrogens is 118 g/mol. The average molecular weight is 123 g/mol. The van der Waals surface area contributed by atoms with Crippen LogP contribution in [0.5, 0.6) is 0 Å². The van der Waals surface area contributed by atoms with Gasteiger partial charge in [-0.2, -0.15) is 5.26 Å². The Hall–Kier alpha value is -1.34. The first kappa shape index (κ1) is 5.79. The quantitative estimate of drug-likeness (QED) is 0.447. The van der Waals surface area contributed by atoms with Crippen LogP contribution in [0.25, 0.3) is 0 Å². The molecule has 1 aliphatic heterocycles. The van der Waals surface area contributed by atoms with Crippen molar-refractivity contribution in [3.05, 3.63) is 12.3 Å². The third-order valence-electron chi connectivity index (χ3n) is 0.916. The van der Waals surface area contributed by atoms with Crippen molar-refractivity contribution in [2.45, 2.75) is 6.35 Å². The molecular formula is C5H5N3O. The van der Waals surface area contributed by atoms with E-state index in [1.807, 2.05) is 0 Å². The SMILES string of the molecule is N#CN1C=CC=NC1O. The fourth-order valence-electron chi connectivity index (χ4n) is 0.492. The van der Waals surface area contributed by atoms with E-state index in [1.54, 1.807) is 12.3 Å². The van der Waals surface area contributed by atoms with E-state index < -0.39 is 6.35 Å². The minimum Gasteiger partial charge on any atom is -0.354 e. The van der Waals surface area contributed by atoms with Gasteiger partial charge in [0, 0.05) is 12.4 Å². The van der Waals surface area contributed by atoms with Gasteiger partial charge in [-0.3, -0.25) is 0 Å². The number of nitriles is 1. The van der Waals surface area contributed by atoms with Crippen molar-refractivity contribution >= 4 is 6.21 Å². The molecule has 0 amide bonds. The predicted octanol–water partition coefficient (Wildman–Crippen LogP) is -0.357.